The van der Waals surface area contributed by atoms with Crippen molar-refractivity contribution in [1.82, 2.24) is 20.1 Å². The lowest BCUT2D eigenvalue weighted by molar-refractivity contribution is 0.766. The maximum absolute atomic E-state index is 4.71. The molecule has 0 saturated heterocycles. The predicted molar refractivity (Wildman–Crippen MR) is 81.7 cm³/mol. The van der Waals surface area contributed by atoms with Crippen LogP contribution < -0.4 is 10.2 Å². The second-order valence-electron chi connectivity index (χ2n) is 5.09. The minimum Gasteiger partial charge on any atom is -0.355 e. The summed E-state index contributed by atoms with van der Waals surface area (Å²) in [5.41, 5.74) is 3.59. The number of nitrogens with one attached hydrogen (secondary N) is 1. The molecule has 5 heteroatoms. The maximum Gasteiger partial charge on any atom is 0.129 e. The molecule has 20 heavy (non-hydrogen) atoms. The van der Waals surface area contributed by atoms with Crippen LogP contribution in [0.15, 0.2) is 24.5 Å². The Morgan fingerprint density at radius 3 is 2.70 bits per heavy atom. The zero-order chi connectivity index (χ0) is 14.5. The Kier molecular flexibility index (Phi) is 4.74. The van der Waals surface area contributed by atoms with Gasteiger partial charge in [0.25, 0.3) is 0 Å². The van der Waals surface area contributed by atoms with Crippen LogP contribution in [0, 0.1) is 0 Å². The number of hydrogen-bond donors (Lipinski definition) is 1. The van der Waals surface area contributed by atoms with Crippen LogP contribution in [0.4, 0.5) is 5.82 Å². The normalized spacial score (nSPS) is 10.8. The second-order valence-corrected chi connectivity index (χ2v) is 5.09. The van der Waals surface area contributed by atoms with E-state index in [0.29, 0.717) is 0 Å². The van der Waals surface area contributed by atoms with Crippen molar-refractivity contribution in [3.05, 3.63) is 41.3 Å². The van der Waals surface area contributed by atoms with E-state index in [4.69, 9.17) is 4.98 Å². The molecule has 0 aliphatic rings. The number of aryl methyl sites for hydroxylation is 2. The summed E-state index contributed by atoms with van der Waals surface area (Å²) in [7, 11) is 5.97. The summed E-state index contributed by atoms with van der Waals surface area (Å²) in [6, 6.07) is 4.31. The number of aromatic nitrogens is 3. The molecule has 0 spiro atoms. The van der Waals surface area contributed by atoms with E-state index in [0.717, 1.165) is 31.0 Å². The fraction of sp³-hybridized carbons (Fsp3) is 0.467. The Hall–Kier alpha value is -1.88. The summed E-state index contributed by atoms with van der Waals surface area (Å²) in [6.07, 6.45) is 4.88. The molecule has 2 aromatic heterocycles. The third kappa shape index (κ3) is 3.57. The lowest BCUT2D eigenvalue weighted by Crippen LogP contribution is -2.19. The van der Waals surface area contributed by atoms with Gasteiger partial charge in [-0.2, -0.15) is 5.10 Å². The van der Waals surface area contributed by atoms with Gasteiger partial charge >= 0.3 is 0 Å². The summed E-state index contributed by atoms with van der Waals surface area (Å²) < 4.78 is 1.82. The highest BCUT2D eigenvalue weighted by Gasteiger charge is 2.08. The Labute approximate surface area is 120 Å². The van der Waals surface area contributed by atoms with Crippen LogP contribution in [0.5, 0.6) is 0 Å². The molecule has 1 N–H and O–H groups in total. The van der Waals surface area contributed by atoms with Crippen molar-refractivity contribution in [2.24, 2.45) is 7.05 Å². The molecule has 0 fully saturated rings. The summed E-state index contributed by atoms with van der Waals surface area (Å²) in [6.45, 7) is 3.81. The largest absolute Gasteiger partial charge is 0.355 e. The quantitative estimate of drug-likeness (QED) is 0.871. The Bertz CT molecular complexity index is 561. The van der Waals surface area contributed by atoms with Crippen molar-refractivity contribution >= 4 is 5.82 Å². The van der Waals surface area contributed by atoms with Crippen LogP contribution in [0.25, 0.3) is 0 Å². The van der Waals surface area contributed by atoms with Gasteiger partial charge in [-0.25, -0.2) is 4.98 Å². The molecular formula is C15H23N5. The zero-order valence-electron chi connectivity index (χ0n) is 12.7. The molecule has 108 valence electrons. The summed E-state index contributed by atoms with van der Waals surface area (Å²) in [5, 5.41) is 7.40. The van der Waals surface area contributed by atoms with E-state index in [1.54, 1.807) is 0 Å². The van der Waals surface area contributed by atoms with Gasteiger partial charge in [0, 0.05) is 44.6 Å². The Morgan fingerprint density at radius 2 is 2.10 bits per heavy atom. The molecule has 0 aliphatic heterocycles. The molecule has 2 rings (SSSR count). The SMILES string of the molecule is CCc1cc(CNC)cc(N(C)Cc2cnn(C)c2)n1. The molecular weight excluding hydrogens is 250 g/mol. The van der Waals surface area contributed by atoms with Crippen LogP contribution in [-0.4, -0.2) is 28.9 Å². The number of hydrogen-bond acceptors (Lipinski definition) is 4. The highest BCUT2D eigenvalue weighted by molar-refractivity contribution is 5.42. The van der Waals surface area contributed by atoms with Crippen molar-refractivity contribution in [2.45, 2.75) is 26.4 Å². The average molecular weight is 273 g/mol. The average Bonchev–Trinajstić information content (AvgIpc) is 2.84. The van der Waals surface area contributed by atoms with Crippen molar-refractivity contribution in [1.29, 1.82) is 0 Å². The molecule has 0 aliphatic carbocycles. The van der Waals surface area contributed by atoms with E-state index in [9.17, 15) is 0 Å². The van der Waals surface area contributed by atoms with Crippen LogP contribution in [-0.2, 0) is 26.6 Å². The molecule has 0 bridgehead atoms. The summed E-state index contributed by atoms with van der Waals surface area (Å²) in [5.74, 6) is 1.01. The van der Waals surface area contributed by atoms with E-state index in [2.05, 4.69) is 41.4 Å². The zero-order valence-corrected chi connectivity index (χ0v) is 12.7. The van der Waals surface area contributed by atoms with E-state index in [1.807, 2.05) is 31.2 Å². The third-order valence-corrected chi connectivity index (χ3v) is 3.24. The molecule has 0 unspecified atom stereocenters. The molecule has 2 heterocycles. The van der Waals surface area contributed by atoms with E-state index in [1.165, 1.54) is 11.1 Å². The highest BCUT2D eigenvalue weighted by atomic mass is 15.2. The van der Waals surface area contributed by atoms with Gasteiger partial charge in [0.15, 0.2) is 0 Å². The second kappa shape index (κ2) is 6.52. The van der Waals surface area contributed by atoms with Gasteiger partial charge in [0.2, 0.25) is 0 Å². The van der Waals surface area contributed by atoms with Gasteiger partial charge in [0.1, 0.15) is 5.82 Å². The lowest BCUT2D eigenvalue weighted by Gasteiger charge is -2.19. The van der Waals surface area contributed by atoms with Gasteiger partial charge in [0.05, 0.1) is 6.20 Å². The molecule has 5 nitrogen and oxygen atoms in total. The predicted octanol–water partition coefficient (Wildman–Crippen LogP) is 1.73. The van der Waals surface area contributed by atoms with Crippen LogP contribution in [0.2, 0.25) is 0 Å². The number of rotatable bonds is 6. The topological polar surface area (TPSA) is 46.0 Å². The summed E-state index contributed by atoms with van der Waals surface area (Å²) >= 11 is 0. The van der Waals surface area contributed by atoms with Crippen molar-refractivity contribution in [2.75, 3.05) is 19.0 Å². The maximum atomic E-state index is 4.71. The first-order valence-electron chi connectivity index (χ1n) is 6.95. The lowest BCUT2D eigenvalue weighted by atomic mass is 10.2. The monoisotopic (exact) mass is 273 g/mol. The highest BCUT2D eigenvalue weighted by Crippen LogP contribution is 2.16. The summed E-state index contributed by atoms with van der Waals surface area (Å²) in [4.78, 5) is 6.87. The molecule has 0 saturated carbocycles. The number of pyridine rings is 1. The van der Waals surface area contributed by atoms with E-state index >= 15 is 0 Å². The van der Waals surface area contributed by atoms with Gasteiger partial charge in [-0.1, -0.05) is 6.92 Å². The fourth-order valence-corrected chi connectivity index (χ4v) is 2.22. The molecule has 0 radical (unpaired) electrons. The van der Waals surface area contributed by atoms with E-state index in [-0.39, 0.29) is 0 Å². The molecule has 0 aromatic carbocycles. The van der Waals surface area contributed by atoms with Crippen LogP contribution in [0.1, 0.15) is 23.7 Å². The van der Waals surface area contributed by atoms with Crippen molar-refractivity contribution in [3.8, 4) is 0 Å². The minimum atomic E-state index is 0.813. The van der Waals surface area contributed by atoms with Crippen molar-refractivity contribution < 1.29 is 0 Å². The van der Waals surface area contributed by atoms with Gasteiger partial charge < -0.3 is 10.2 Å². The first-order valence-corrected chi connectivity index (χ1v) is 6.95. The molecule has 0 atom stereocenters. The minimum absolute atomic E-state index is 0.813. The Balaban J connectivity index is 2.19. The van der Waals surface area contributed by atoms with Gasteiger partial charge in [-0.3, -0.25) is 4.68 Å². The Morgan fingerprint density at radius 1 is 1.30 bits per heavy atom. The van der Waals surface area contributed by atoms with E-state index < -0.39 is 0 Å². The number of nitrogens with zero attached hydrogens (tertiary/aromatic N) is 4. The number of anilines is 1. The molecule has 0 amide bonds. The van der Waals surface area contributed by atoms with Crippen LogP contribution in [0.3, 0.4) is 0 Å². The first kappa shape index (κ1) is 14.5. The smallest absolute Gasteiger partial charge is 0.129 e. The van der Waals surface area contributed by atoms with Crippen LogP contribution >= 0.6 is 0 Å². The third-order valence-electron chi connectivity index (χ3n) is 3.24. The first-order chi connectivity index (χ1) is 9.62. The molecule has 2 aromatic rings. The van der Waals surface area contributed by atoms with Crippen molar-refractivity contribution in [3.63, 3.8) is 0 Å². The van der Waals surface area contributed by atoms with Gasteiger partial charge in [-0.05, 0) is 31.2 Å². The standard InChI is InChI=1S/C15H23N5/c1-5-14-6-12(8-16-2)7-15(18-14)19(3)10-13-9-17-20(4)11-13/h6-7,9,11,16H,5,8,10H2,1-4H3. The fourth-order valence-electron chi connectivity index (χ4n) is 2.22. The van der Waals surface area contributed by atoms with Gasteiger partial charge in [-0.15, -0.1) is 0 Å².